The van der Waals surface area contributed by atoms with Crippen molar-refractivity contribution in [2.24, 2.45) is 0 Å². The molecule has 0 radical (unpaired) electrons. The summed E-state index contributed by atoms with van der Waals surface area (Å²) in [6, 6.07) is 13.0. The number of nitrogens with one attached hydrogen (secondary N) is 2. The fourth-order valence-electron chi connectivity index (χ4n) is 4.04. The van der Waals surface area contributed by atoms with E-state index in [0.717, 1.165) is 36.9 Å². The number of anilines is 1. The van der Waals surface area contributed by atoms with Gasteiger partial charge in [0.25, 0.3) is 5.88 Å². The molecule has 0 aliphatic carbocycles. The molecule has 3 N–H and O–H groups in total. The van der Waals surface area contributed by atoms with Crippen LogP contribution in [0.25, 0.3) is 33.4 Å². The lowest BCUT2D eigenvalue weighted by atomic mass is 10.0. The summed E-state index contributed by atoms with van der Waals surface area (Å²) in [5, 5.41) is 21.4. The SMILES string of the molecule is CN1CCC(OC(=O)Nc2nc(-c3ccccc3)c(-c3cc(Cl)c4[nH]ncc4c3)nc2O)CC1. The lowest BCUT2D eigenvalue weighted by molar-refractivity contribution is 0.0660. The molecule has 174 valence electrons. The third-order valence-electron chi connectivity index (χ3n) is 5.86. The van der Waals surface area contributed by atoms with Crippen LogP contribution in [-0.2, 0) is 4.74 Å². The van der Waals surface area contributed by atoms with Gasteiger partial charge in [0.2, 0.25) is 0 Å². The normalized spacial score (nSPS) is 14.9. The van der Waals surface area contributed by atoms with E-state index in [-0.39, 0.29) is 11.9 Å². The Morgan fingerprint density at radius 1 is 1.15 bits per heavy atom. The van der Waals surface area contributed by atoms with E-state index in [2.05, 4.69) is 30.4 Å². The molecule has 2 aromatic heterocycles. The first-order valence-electron chi connectivity index (χ1n) is 10.9. The van der Waals surface area contributed by atoms with Crippen LogP contribution in [0.5, 0.6) is 5.88 Å². The summed E-state index contributed by atoms with van der Waals surface area (Å²) in [6.45, 7) is 1.72. The van der Waals surface area contributed by atoms with E-state index in [1.54, 1.807) is 12.3 Å². The largest absolute Gasteiger partial charge is 0.491 e. The number of aromatic hydroxyl groups is 1. The third kappa shape index (κ3) is 4.52. The van der Waals surface area contributed by atoms with Crippen LogP contribution in [0, 0.1) is 0 Å². The second-order valence-corrected chi connectivity index (χ2v) is 8.69. The van der Waals surface area contributed by atoms with Crippen LogP contribution in [0.15, 0.2) is 48.7 Å². The number of piperidine rings is 1. The molecular formula is C24H23ClN6O3. The fraction of sp³-hybridized carbons (Fsp3) is 0.250. The average Bonchev–Trinajstić information content (AvgIpc) is 3.32. The van der Waals surface area contributed by atoms with Crippen molar-refractivity contribution in [3.8, 4) is 28.4 Å². The van der Waals surface area contributed by atoms with Crippen molar-refractivity contribution in [3.63, 3.8) is 0 Å². The molecule has 5 rings (SSSR count). The highest BCUT2D eigenvalue weighted by atomic mass is 35.5. The van der Waals surface area contributed by atoms with Gasteiger partial charge in [-0.05, 0) is 32.0 Å². The number of carbonyl (C=O) groups is 1. The summed E-state index contributed by atoms with van der Waals surface area (Å²) in [6.07, 6.45) is 2.33. The molecule has 10 heteroatoms. The number of fused-ring (bicyclic) bond motifs is 1. The predicted molar refractivity (Wildman–Crippen MR) is 130 cm³/mol. The van der Waals surface area contributed by atoms with Crippen LogP contribution in [0.4, 0.5) is 10.6 Å². The van der Waals surface area contributed by atoms with E-state index >= 15 is 0 Å². The number of hydrogen-bond donors (Lipinski definition) is 3. The Hall–Kier alpha value is -3.69. The standard InChI is InChI=1S/C24H23ClN6O3/c1-31-9-7-17(8-10-31)34-24(33)29-22-23(32)28-21(20(27-22)14-5-3-2-4-6-14)15-11-16-13-26-30-19(16)18(25)12-15/h2-6,11-13,17H,7-10H2,1H3,(H,26,30)(H,28,32)(H,27,29,33). The zero-order chi connectivity index (χ0) is 23.7. The third-order valence-corrected chi connectivity index (χ3v) is 6.16. The highest BCUT2D eigenvalue weighted by Crippen LogP contribution is 2.36. The van der Waals surface area contributed by atoms with Crippen molar-refractivity contribution in [2.75, 3.05) is 25.5 Å². The number of amides is 1. The Balaban J connectivity index is 1.50. The molecule has 1 saturated heterocycles. The van der Waals surface area contributed by atoms with Crippen LogP contribution in [0.3, 0.4) is 0 Å². The molecule has 1 amide bonds. The van der Waals surface area contributed by atoms with E-state index in [9.17, 15) is 9.90 Å². The van der Waals surface area contributed by atoms with Gasteiger partial charge in [0.1, 0.15) is 11.8 Å². The number of ether oxygens (including phenoxy) is 1. The number of likely N-dealkylation sites (tertiary alicyclic amines) is 1. The van der Waals surface area contributed by atoms with Crippen molar-refractivity contribution < 1.29 is 14.6 Å². The molecule has 0 atom stereocenters. The number of H-pyrrole nitrogens is 1. The molecule has 0 unspecified atom stereocenters. The molecule has 0 spiro atoms. The fourth-order valence-corrected chi connectivity index (χ4v) is 4.31. The number of halogens is 1. The summed E-state index contributed by atoms with van der Waals surface area (Å²) in [4.78, 5) is 23.7. The Labute approximate surface area is 200 Å². The number of aromatic nitrogens is 4. The van der Waals surface area contributed by atoms with Crippen LogP contribution >= 0.6 is 11.6 Å². The maximum atomic E-state index is 12.5. The van der Waals surface area contributed by atoms with E-state index in [4.69, 9.17) is 16.3 Å². The first-order valence-corrected chi connectivity index (χ1v) is 11.3. The maximum Gasteiger partial charge on any atom is 0.413 e. The number of nitrogens with zero attached hydrogens (tertiary/aromatic N) is 4. The van der Waals surface area contributed by atoms with Gasteiger partial charge in [-0.1, -0.05) is 41.9 Å². The number of carbonyl (C=O) groups excluding carboxylic acids is 1. The van der Waals surface area contributed by atoms with E-state index < -0.39 is 12.0 Å². The van der Waals surface area contributed by atoms with Crippen molar-refractivity contribution in [1.29, 1.82) is 0 Å². The molecule has 34 heavy (non-hydrogen) atoms. The van der Waals surface area contributed by atoms with E-state index in [0.29, 0.717) is 27.5 Å². The van der Waals surface area contributed by atoms with E-state index in [1.807, 2.05) is 43.4 Å². The Bertz CT molecular complexity index is 1340. The molecule has 2 aromatic carbocycles. The van der Waals surface area contributed by atoms with Gasteiger partial charge in [0, 0.05) is 29.6 Å². The molecule has 1 aliphatic heterocycles. The van der Waals surface area contributed by atoms with Gasteiger partial charge in [0.15, 0.2) is 5.82 Å². The van der Waals surface area contributed by atoms with Gasteiger partial charge in [0.05, 0.1) is 22.4 Å². The van der Waals surface area contributed by atoms with Crippen LogP contribution in [-0.4, -0.2) is 62.5 Å². The number of benzene rings is 2. The molecule has 0 bridgehead atoms. The molecule has 9 nitrogen and oxygen atoms in total. The van der Waals surface area contributed by atoms with Crippen LogP contribution in [0.1, 0.15) is 12.8 Å². The molecule has 1 aliphatic rings. The van der Waals surface area contributed by atoms with Crippen molar-refractivity contribution in [3.05, 3.63) is 53.7 Å². The lowest BCUT2D eigenvalue weighted by Gasteiger charge is -2.28. The number of rotatable bonds is 4. The zero-order valence-electron chi connectivity index (χ0n) is 18.5. The van der Waals surface area contributed by atoms with Gasteiger partial charge in [-0.25, -0.2) is 14.8 Å². The topological polar surface area (TPSA) is 116 Å². The Morgan fingerprint density at radius 2 is 1.88 bits per heavy atom. The summed E-state index contributed by atoms with van der Waals surface area (Å²) < 4.78 is 5.53. The summed E-state index contributed by atoms with van der Waals surface area (Å²) in [5.74, 6) is -0.491. The number of aromatic amines is 1. The highest BCUT2D eigenvalue weighted by molar-refractivity contribution is 6.35. The predicted octanol–water partition coefficient (Wildman–Crippen LogP) is 4.69. The Morgan fingerprint density at radius 3 is 2.65 bits per heavy atom. The minimum absolute atomic E-state index is 0.0731. The minimum atomic E-state index is -0.672. The zero-order valence-corrected chi connectivity index (χ0v) is 19.2. The Kier molecular flexibility index (Phi) is 6.04. The van der Waals surface area contributed by atoms with Gasteiger partial charge < -0.3 is 14.7 Å². The molecule has 0 saturated carbocycles. The smallest absolute Gasteiger partial charge is 0.413 e. The van der Waals surface area contributed by atoms with Gasteiger partial charge >= 0.3 is 6.09 Å². The first-order chi connectivity index (χ1) is 16.5. The second kappa shape index (κ2) is 9.28. The molecule has 1 fully saturated rings. The first kappa shape index (κ1) is 22.1. The average molecular weight is 479 g/mol. The molecular weight excluding hydrogens is 456 g/mol. The second-order valence-electron chi connectivity index (χ2n) is 8.28. The quantitative estimate of drug-likeness (QED) is 0.389. The minimum Gasteiger partial charge on any atom is -0.491 e. The van der Waals surface area contributed by atoms with Crippen LogP contribution in [0.2, 0.25) is 5.02 Å². The highest BCUT2D eigenvalue weighted by Gasteiger charge is 2.23. The monoisotopic (exact) mass is 478 g/mol. The van der Waals surface area contributed by atoms with Gasteiger partial charge in [-0.3, -0.25) is 10.4 Å². The van der Waals surface area contributed by atoms with Crippen molar-refractivity contribution >= 4 is 34.4 Å². The molecule has 4 aromatic rings. The summed E-state index contributed by atoms with van der Waals surface area (Å²) in [7, 11) is 2.04. The maximum absolute atomic E-state index is 12.5. The van der Waals surface area contributed by atoms with Gasteiger partial charge in [-0.2, -0.15) is 5.10 Å². The molecule has 3 heterocycles. The van der Waals surface area contributed by atoms with Gasteiger partial charge in [-0.15, -0.1) is 0 Å². The van der Waals surface area contributed by atoms with Crippen molar-refractivity contribution in [2.45, 2.75) is 18.9 Å². The summed E-state index contributed by atoms with van der Waals surface area (Å²) >= 11 is 6.43. The summed E-state index contributed by atoms with van der Waals surface area (Å²) in [5.41, 5.74) is 3.02. The van der Waals surface area contributed by atoms with E-state index in [1.165, 1.54) is 0 Å². The lowest BCUT2D eigenvalue weighted by Crippen LogP contribution is -2.36. The van der Waals surface area contributed by atoms with Crippen LogP contribution < -0.4 is 5.32 Å². The van der Waals surface area contributed by atoms with Crippen molar-refractivity contribution in [1.82, 2.24) is 25.1 Å². The number of hydrogen-bond acceptors (Lipinski definition) is 7.